The van der Waals surface area contributed by atoms with Crippen molar-refractivity contribution in [3.05, 3.63) is 43.1 Å². The first-order valence-corrected chi connectivity index (χ1v) is 8.39. The third-order valence-corrected chi connectivity index (χ3v) is 5.03. The SMILES string of the molecule is c1cnn(-c2cc(N3CC4CN(Cc5nnco5)CC4C3)ncn2)c1. The van der Waals surface area contributed by atoms with Crippen molar-refractivity contribution in [1.29, 1.82) is 0 Å². The van der Waals surface area contributed by atoms with Crippen molar-refractivity contribution in [1.82, 2.24) is 34.8 Å². The standard InChI is InChI=1S/C16H18N8O/c1-2-20-24(3-1)15-4-14(17-10-18-15)23-7-12-5-22(6-13(12)8-23)9-16-21-19-11-25-16/h1-4,10-13H,5-9H2. The van der Waals surface area contributed by atoms with E-state index in [1.165, 1.54) is 6.39 Å². The monoisotopic (exact) mass is 338 g/mol. The fraction of sp³-hybridized carbons (Fsp3) is 0.438. The van der Waals surface area contributed by atoms with Gasteiger partial charge in [-0.25, -0.2) is 14.6 Å². The number of rotatable bonds is 4. The Balaban J connectivity index is 1.26. The quantitative estimate of drug-likeness (QED) is 0.684. The molecule has 0 aromatic carbocycles. The molecule has 128 valence electrons. The van der Waals surface area contributed by atoms with Crippen molar-refractivity contribution in [3.8, 4) is 5.82 Å². The molecule has 9 nitrogen and oxygen atoms in total. The summed E-state index contributed by atoms with van der Waals surface area (Å²) in [6, 6.07) is 3.89. The Morgan fingerprint density at radius 1 is 1.08 bits per heavy atom. The Morgan fingerprint density at radius 3 is 2.64 bits per heavy atom. The van der Waals surface area contributed by atoms with Gasteiger partial charge in [-0.2, -0.15) is 5.10 Å². The van der Waals surface area contributed by atoms with Crippen molar-refractivity contribution < 1.29 is 4.42 Å². The summed E-state index contributed by atoms with van der Waals surface area (Å²) in [4.78, 5) is 13.5. The number of anilines is 1. The molecule has 2 aliphatic heterocycles. The summed E-state index contributed by atoms with van der Waals surface area (Å²) in [7, 11) is 0. The van der Waals surface area contributed by atoms with Crippen molar-refractivity contribution in [2.45, 2.75) is 6.54 Å². The van der Waals surface area contributed by atoms with Crippen LogP contribution in [-0.2, 0) is 6.54 Å². The Kier molecular flexibility index (Phi) is 3.44. The first kappa shape index (κ1) is 14.5. The topological polar surface area (TPSA) is 89.0 Å². The number of hydrogen-bond acceptors (Lipinski definition) is 8. The lowest BCUT2D eigenvalue weighted by Crippen LogP contribution is -2.29. The highest BCUT2D eigenvalue weighted by Crippen LogP contribution is 2.33. The molecule has 0 bridgehead atoms. The van der Waals surface area contributed by atoms with Gasteiger partial charge in [0.05, 0.1) is 6.54 Å². The van der Waals surface area contributed by atoms with E-state index in [1.54, 1.807) is 17.2 Å². The summed E-state index contributed by atoms with van der Waals surface area (Å²) in [5, 5.41) is 12.0. The summed E-state index contributed by atoms with van der Waals surface area (Å²) in [5.41, 5.74) is 0. The van der Waals surface area contributed by atoms with Crippen molar-refractivity contribution in [2.75, 3.05) is 31.1 Å². The molecule has 2 unspecified atom stereocenters. The first-order valence-electron chi connectivity index (χ1n) is 8.39. The molecule has 3 aromatic rings. The molecule has 5 rings (SSSR count). The lowest BCUT2D eigenvalue weighted by molar-refractivity contribution is 0.274. The van der Waals surface area contributed by atoms with Gasteiger partial charge in [-0.05, 0) is 17.9 Å². The van der Waals surface area contributed by atoms with Gasteiger partial charge in [-0.1, -0.05) is 0 Å². The van der Waals surface area contributed by atoms with Crippen LogP contribution in [0.4, 0.5) is 5.82 Å². The van der Waals surface area contributed by atoms with Crippen LogP contribution in [0.25, 0.3) is 5.82 Å². The number of aromatic nitrogens is 6. The maximum Gasteiger partial charge on any atom is 0.230 e. The number of nitrogens with zero attached hydrogens (tertiary/aromatic N) is 8. The minimum absolute atomic E-state index is 0.644. The maximum atomic E-state index is 5.26. The lowest BCUT2D eigenvalue weighted by atomic mass is 10.0. The zero-order chi connectivity index (χ0) is 16.6. The zero-order valence-corrected chi connectivity index (χ0v) is 13.6. The van der Waals surface area contributed by atoms with E-state index >= 15 is 0 Å². The zero-order valence-electron chi connectivity index (χ0n) is 13.6. The van der Waals surface area contributed by atoms with Gasteiger partial charge in [-0.15, -0.1) is 10.2 Å². The number of likely N-dealkylation sites (tertiary alicyclic amines) is 1. The minimum Gasteiger partial charge on any atom is -0.427 e. The Labute approximate surface area is 144 Å². The van der Waals surface area contributed by atoms with Crippen molar-refractivity contribution in [2.24, 2.45) is 11.8 Å². The van der Waals surface area contributed by atoms with Gasteiger partial charge in [-0.3, -0.25) is 4.90 Å². The van der Waals surface area contributed by atoms with E-state index in [2.05, 4.69) is 35.1 Å². The van der Waals surface area contributed by atoms with Gasteiger partial charge in [0.25, 0.3) is 0 Å². The van der Waals surface area contributed by atoms with Crippen LogP contribution in [0.2, 0.25) is 0 Å². The molecule has 2 fully saturated rings. The highest BCUT2D eigenvalue weighted by atomic mass is 16.4. The van der Waals surface area contributed by atoms with Crippen molar-refractivity contribution in [3.63, 3.8) is 0 Å². The van der Waals surface area contributed by atoms with Crippen LogP contribution < -0.4 is 4.90 Å². The fourth-order valence-corrected chi connectivity index (χ4v) is 3.90. The summed E-state index contributed by atoms with van der Waals surface area (Å²) in [6.45, 7) is 4.88. The van der Waals surface area contributed by atoms with E-state index < -0.39 is 0 Å². The largest absolute Gasteiger partial charge is 0.427 e. The molecule has 2 saturated heterocycles. The van der Waals surface area contributed by atoms with Crippen molar-refractivity contribution >= 4 is 5.82 Å². The highest BCUT2D eigenvalue weighted by Gasteiger charge is 2.40. The Hall–Kier alpha value is -2.81. The van der Waals surface area contributed by atoms with E-state index in [9.17, 15) is 0 Å². The van der Waals surface area contributed by atoms with E-state index in [0.29, 0.717) is 17.7 Å². The maximum absolute atomic E-state index is 5.26. The van der Waals surface area contributed by atoms with Gasteiger partial charge in [0.15, 0.2) is 5.82 Å². The second kappa shape index (κ2) is 5.92. The van der Waals surface area contributed by atoms with Gasteiger partial charge >= 0.3 is 0 Å². The second-order valence-electron chi connectivity index (χ2n) is 6.64. The van der Waals surface area contributed by atoms with E-state index in [4.69, 9.17) is 4.42 Å². The third kappa shape index (κ3) is 2.76. The summed E-state index contributed by atoms with van der Waals surface area (Å²) in [6.07, 6.45) is 6.64. The molecular formula is C16H18N8O. The lowest BCUT2D eigenvalue weighted by Gasteiger charge is -2.21. The minimum atomic E-state index is 0.644. The normalized spacial score (nSPS) is 23.3. The molecule has 0 saturated carbocycles. The van der Waals surface area contributed by atoms with Crippen LogP contribution in [0.15, 0.2) is 41.7 Å². The predicted molar refractivity (Wildman–Crippen MR) is 87.9 cm³/mol. The molecule has 3 aromatic heterocycles. The first-order chi connectivity index (χ1) is 12.3. The summed E-state index contributed by atoms with van der Waals surface area (Å²) < 4.78 is 7.02. The molecule has 5 heterocycles. The molecule has 25 heavy (non-hydrogen) atoms. The van der Waals surface area contributed by atoms with Crippen LogP contribution in [0.1, 0.15) is 5.89 Å². The van der Waals surface area contributed by atoms with E-state index in [-0.39, 0.29) is 0 Å². The molecule has 2 atom stereocenters. The van der Waals surface area contributed by atoms with Gasteiger partial charge in [0.1, 0.15) is 12.1 Å². The molecule has 0 spiro atoms. The second-order valence-corrected chi connectivity index (χ2v) is 6.64. The average Bonchev–Trinajstić information content (AvgIpc) is 3.40. The molecular weight excluding hydrogens is 320 g/mol. The molecule has 0 N–H and O–H groups in total. The number of fused-ring (bicyclic) bond motifs is 1. The number of hydrogen-bond donors (Lipinski definition) is 0. The van der Waals surface area contributed by atoms with Gasteiger partial charge < -0.3 is 9.32 Å². The van der Waals surface area contributed by atoms with Crippen LogP contribution in [0.5, 0.6) is 0 Å². The molecule has 0 aliphatic carbocycles. The van der Waals surface area contributed by atoms with E-state index in [1.807, 2.05) is 18.3 Å². The average molecular weight is 338 g/mol. The molecule has 0 radical (unpaired) electrons. The molecule has 0 amide bonds. The van der Waals surface area contributed by atoms with Gasteiger partial charge in [0, 0.05) is 44.6 Å². The van der Waals surface area contributed by atoms with Crippen LogP contribution >= 0.6 is 0 Å². The predicted octanol–water partition coefficient (Wildman–Crippen LogP) is 0.613. The van der Waals surface area contributed by atoms with Crippen LogP contribution in [0, 0.1) is 11.8 Å². The highest BCUT2D eigenvalue weighted by molar-refractivity contribution is 5.44. The fourth-order valence-electron chi connectivity index (χ4n) is 3.90. The Morgan fingerprint density at radius 2 is 1.92 bits per heavy atom. The summed E-state index contributed by atoms with van der Waals surface area (Å²) in [5.74, 6) is 3.75. The summed E-state index contributed by atoms with van der Waals surface area (Å²) >= 11 is 0. The smallest absolute Gasteiger partial charge is 0.230 e. The van der Waals surface area contributed by atoms with Crippen LogP contribution in [0.3, 0.4) is 0 Å². The van der Waals surface area contributed by atoms with E-state index in [0.717, 1.165) is 44.4 Å². The molecule has 2 aliphatic rings. The third-order valence-electron chi connectivity index (χ3n) is 5.03. The Bertz CT molecular complexity index is 820. The van der Waals surface area contributed by atoms with Crippen LogP contribution in [-0.4, -0.2) is 61.0 Å². The van der Waals surface area contributed by atoms with Gasteiger partial charge in [0.2, 0.25) is 12.3 Å². The molecule has 9 heteroatoms.